The highest BCUT2D eigenvalue weighted by Gasteiger charge is 2.28. The number of hydrogen-bond donors (Lipinski definition) is 1. The first-order valence-corrected chi connectivity index (χ1v) is 13.4. The number of ether oxygens (including phenoxy) is 5. The van der Waals surface area contributed by atoms with E-state index < -0.39 is 29.1 Å². The highest BCUT2D eigenvalue weighted by Crippen LogP contribution is 2.43. The third-order valence-corrected chi connectivity index (χ3v) is 6.60. The lowest BCUT2D eigenvalue weighted by atomic mass is 9.95. The van der Waals surface area contributed by atoms with Gasteiger partial charge in [0.2, 0.25) is 5.75 Å². The molecule has 12 nitrogen and oxygen atoms in total. The first-order chi connectivity index (χ1) is 20.9. The summed E-state index contributed by atoms with van der Waals surface area (Å²) in [6.45, 7) is 4.93. The van der Waals surface area contributed by atoms with Gasteiger partial charge in [-0.25, -0.2) is 15.4 Å². The summed E-state index contributed by atoms with van der Waals surface area (Å²) in [7, 11) is 5.62. The molecule has 0 bridgehead atoms. The quantitative estimate of drug-likeness (QED) is 0.136. The molecule has 0 aliphatic rings. The third kappa shape index (κ3) is 5.92. The minimum Gasteiger partial charge on any atom is -0.493 e. The van der Waals surface area contributed by atoms with Gasteiger partial charge in [0, 0.05) is 22.2 Å². The fourth-order valence-electron chi connectivity index (χ4n) is 4.69. The number of aromatic nitrogens is 1. The van der Waals surface area contributed by atoms with E-state index in [-0.39, 0.29) is 16.9 Å². The van der Waals surface area contributed by atoms with Gasteiger partial charge < -0.3 is 23.7 Å². The summed E-state index contributed by atoms with van der Waals surface area (Å²) in [4.78, 5) is 52.7. The maximum Gasteiger partial charge on any atom is 0.432 e. The molecule has 230 valence electrons. The summed E-state index contributed by atoms with van der Waals surface area (Å²) < 4.78 is 28.1. The van der Waals surface area contributed by atoms with Crippen LogP contribution in [0.1, 0.15) is 41.6 Å². The van der Waals surface area contributed by atoms with E-state index in [1.807, 2.05) is 0 Å². The number of imide groups is 1. The number of fused-ring (bicyclic) bond motifs is 1. The second kappa shape index (κ2) is 12.5. The van der Waals surface area contributed by atoms with Gasteiger partial charge in [-0.05, 0) is 74.2 Å². The molecule has 0 radical (unpaired) electrons. The highest BCUT2D eigenvalue weighted by atomic mass is 16.6. The van der Waals surface area contributed by atoms with E-state index in [1.165, 1.54) is 57.3 Å². The Morgan fingerprint density at radius 3 is 1.89 bits per heavy atom. The molecule has 44 heavy (non-hydrogen) atoms. The van der Waals surface area contributed by atoms with Gasteiger partial charge in [-0.15, -0.1) is 0 Å². The Kier molecular flexibility index (Phi) is 8.95. The van der Waals surface area contributed by atoms with Gasteiger partial charge in [0.05, 0.1) is 28.4 Å². The summed E-state index contributed by atoms with van der Waals surface area (Å²) in [5.41, 5.74) is -0.329. The average Bonchev–Trinajstić information content (AvgIpc) is 3.02. The minimum absolute atomic E-state index is 0.0421. The topological polar surface area (TPSA) is 149 Å². The van der Waals surface area contributed by atoms with E-state index in [4.69, 9.17) is 29.5 Å². The second-order valence-electron chi connectivity index (χ2n) is 10.5. The van der Waals surface area contributed by atoms with Crippen LogP contribution in [0.4, 0.5) is 4.79 Å². The van der Waals surface area contributed by atoms with Crippen molar-refractivity contribution in [1.82, 2.24) is 9.58 Å². The minimum atomic E-state index is -1.03. The van der Waals surface area contributed by atoms with Crippen LogP contribution in [0, 0.1) is 0 Å². The van der Waals surface area contributed by atoms with Crippen molar-refractivity contribution in [2.45, 2.75) is 26.4 Å². The van der Waals surface area contributed by atoms with Crippen LogP contribution >= 0.6 is 0 Å². The van der Waals surface area contributed by atoms with Crippen LogP contribution in [-0.4, -0.2) is 61.6 Å². The molecule has 3 aromatic carbocycles. The lowest BCUT2D eigenvalue weighted by Crippen LogP contribution is -2.45. The van der Waals surface area contributed by atoms with Gasteiger partial charge in [-0.1, -0.05) is 18.2 Å². The number of nitrogens with zero attached hydrogens (tertiary/aromatic N) is 2. The lowest BCUT2D eigenvalue weighted by molar-refractivity contribution is 0.0239. The largest absolute Gasteiger partial charge is 0.493 e. The Hall–Kier alpha value is -5.36. The predicted molar refractivity (Wildman–Crippen MR) is 163 cm³/mol. The molecule has 0 aliphatic heterocycles. The number of amides is 2. The number of methoxy groups -OCH3 is 4. The SMILES string of the molecule is COC(=O)c1c(-c2cc(OC)c(OC)c(OC)c2)c2ccccc2c(=O)n1-c1ccc(C(=O)N(N)C(=O)OC(C)(C)C)cc1. The van der Waals surface area contributed by atoms with Crippen molar-refractivity contribution >= 4 is 28.7 Å². The summed E-state index contributed by atoms with van der Waals surface area (Å²) in [5, 5.41) is 1.15. The van der Waals surface area contributed by atoms with E-state index in [9.17, 15) is 19.2 Å². The molecule has 2 amide bonds. The standard InChI is InChI=1S/C32H33N3O9/c1-32(2,3)44-31(39)35(33)28(36)18-12-14-20(15-13-18)34-26(30(38)43-7)25(21-10-8-9-11-22(21)29(34)37)19-16-23(40-4)27(42-6)24(17-19)41-5/h8-17H,33H2,1-7H3. The zero-order chi connectivity index (χ0) is 32.3. The summed E-state index contributed by atoms with van der Waals surface area (Å²) in [6, 6.07) is 15.8. The van der Waals surface area contributed by atoms with Gasteiger partial charge in [-0.3, -0.25) is 14.2 Å². The van der Waals surface area contributed by atoms with Crippen LogP contribution in [0.25, 0.3) is 27.6 Å². The molecule has 1 aromatic heterocycles. The van der Waals surface area contributed by atoms with Gasteiger partial charge in [0.1, 0.15) is 11.3 Å². The number of nitrogens with two attached hydrogens (primary N) is 1. The van der Waals surface area contributed by atoms with Crippen molar-refractivity contribution in [2.75, 3.05) is 28.4 Å². The Morgan fingerprint density at radius 1 is 0.818 bits per heavy atom. The van der Waals surface area contributed by atoms with E-state index in [2.05, 4.69) is 0 Å². The van der Waals surface area contributed by atoms with Crippen LogP contribution in [0.5, 0.6) is 17.2 Å². The lowest BCUT2D eigenvalue weighted by Gasteiger charge is -2.23. The van der Waals surface area contributed by atoms with Crippen molar-refractivity contribution in [3.05, 3.63) is 82.3 Å². The maximum atomic E-state index is 14.0. The van der Waals surface area contributed by atoms with Crippen molar-refractivity contribution in [1.29, 1.82) is 0 Å². The predicted octanol–water partition coefficient (Wildman–Crippen LogP) is 4.72. The molecule has 0 aliphatic carbocycles. The Labute approximate surface area is 253 Å². The number of pyridine rings is 1. The summed E-state index contributed by atoms with van der Waals surface area (Å²) in [6.07, 6.45) is -1.03. The molecule has 0 atom stereocenters. The molecule has 0 fully saturated rings. The van der Waals surface area contributed by atoms with Crippen molar-refractivity contribution in [2.24, 2.45) is 5.84 Å². The molecule has 4 rings (SSSR count). The Bertz CT molecular complexity index is 1780. The Balaban J connectivity index is 1.97. The van der Waals surface area contributed by atoms with Gasteiger partial charge in [-0.2, -0.15) is 5.01 Å². The van der Waals surface area contributed by atoms with E-state index in [0.717, 1.165) is 0 Å². The van der Waals surface area contributed by atoms with E-state index in [1.54, 1.807) is 57.2 Å². The number of benzene rings is 3. The highest BCUT2D eigenvalue weighted by molar-refractivity contribution is 6.08. The molecule has 0 unspecified atom stereocenters. The molecule has 0 saturated heterocycles. The maximum absolute atomic E-state index is 14.0. The van der Waals surface area contributed by atoms with E-state index >= 15 is 0 Å². The molecule has 0 saturated carbocycles. The Morgan fingerprint density at radius 2 is 1.39 bits per heavy atom. The van der Waals surface area contributed by atoms with Gasteiger partial charge in [0.25, 0.3) is 11.5 Å². The zero-order valence-corrected chi connectivity index (χ0v) is 25.4. The molecule has 0 spiro atoms. The molecule has 12 heteroatoms. The number of hydrazine groups is 1. The van der Waals surface area contributed by atoms with Crippen molar-refractivity contribution < 1.29 is 38.1 Å². The van der Waals surface area contributed by atoms with Crippen LogP contribution < -0.4 is 25.6 Å². The average molecular weight is 604 g/mol. The molecule has 2 N–H and O–H groups in total. The van der Waals surface area contributed by atoms with E-state index in [0.29, 0.717) is 44.2 Å². The monoisotopic (exact) mass is 603 g/mol. The molecule has 4 aromatic rings. The summed E-state index contributed by atoms with van der Waals surface area (Å²) >= 11 is 0. The zero-order valence-electron chi connectivity index (χ0n) is 25.4. The fraction of sp³-hybridized carbons (Fsp3) is 0.250. The number of rotatable bonds is 7. The van der Waals surface area contributed by atoms with Crippen LogP contribution in [0.15, 0.2) is 65.5 Å². The second-order valence-corrected chi connectivity index (χ2v) is 10.5. The van der Waals surface area contributed by atoms with Crippen LogP contribution in [0.2, 0.25) is 0 Å². The molecule has 1 heterocycles. The van der Waals surface area contributed by atoms with Crippen LogP contribution in [-0.2, 0) is 9.47 Å². The number of carbonyl (C=O) groups is 3. The third-order valence-electron chi connectivity index (χ3n) is 6.60. The first-order valence-electron chi connectivity index (χ1n) is 13.4. The van der Waals surface area contributed by atoms with Crippen molar-refractivity contribution in [3.8, 4) is 34.1 Å². The summed E-state index contributed by atoms with van der Waals surface area (Å²) in [5.74, 6) is 5.11. The number of hydrogen-bond acceptors (Lipinski definition) is 10. The number of esters is 1. The smallest absolute Gasteiger partial charge is 0.432 e. The van der Waals surface area contributed by atoms with Crippen LogP contribution in [0.3, 0.4) is 0 Å². The molecular formula is C32H33N3O9. The molecular weight excluding hydrogens is 570 g/mol. The number of carbonyl (C=O) groups excluding carboxylic acids is 3. The normalized spacial score (nSPS) is 11.1. The van der Waals surface area contributed by atoms with Crippen molar-refractivity contribution in [3.63, 3.8) is 0 Å². The van der Waals surface area contributed by atoms with Gasteiger partial charge >= 0.3 is 12.1 Å². The first kappa shape index (κ1) is 31.6. The fourth-order valence-corrected chi connectivity index (χ4v) is 4.69. The van der Waals surface area contributed by atoms with Gasteiger partial charge in [0.15, 0.2) is 11.5 Å².